The van der Waals surface area contributed by atoms with Gasteiger partial charge in [0.1, 0.15) is 5.75 Å². The second kappa shape index (κ2) is 7.51. The Kier molecular flexibility index (Phi) is 5.67. The quantitative estimate of drug-likeness (QED) is 0.855. The van der Waals surface area contributed by atoms with E-state index < -0.39 is 0 Å². The fraction of sp³-hybridized carbons (Fsp3) is 0.625. The number of rotatable bonds is 6. The van der Waals surface area contributed by atoms with Crippen LogP contribution in [-0.4, -0.2) is 26.8 Å². The van der Waals surface area contributed by atoms with E-state index in [0.717, 1.165) is 31.9 Å². The van der Waals surface area contributed by atoms with Crippen molar-refractivity contribution in [2.24, 2.45) is 5.92 Å². The SMILES string of the molecule is CCCOc1ccc(C2OCCCC2CNC)cc1. The highest BCUT2D eigenvalue weighted by Gasteiger charge is 2.26. The normalized spacial score (nSPS) is 23.3. The second-order valence-corrected chi connectivity index (χ2v) is 5.17. The molecule has 1 N–H and O–H groups in total. The van der Waals surface area contributed by atoms with E-state index in [2.05, 4.69) is 36.5 Å². The van der Waals surface area contributed by atoms with Gasteiger partial charge in [0.05, 0.1) is 12.7 Å². The van der Waals surface area contributed by atoms with Crippen LogP contribution < -0.4 is 10.1 Å². The van der Waals surface area contributed by atoms with Crippen LogP contribution in [0.3, 0.4) is 0 Å². The van der Waals surface area contributed by atoms with Gasteiger partial charge in [0.15, 0.2) is 0 Å². The maximum Gasteiger partial charge on any atom is 0.119 e. The van der Waals surface area contributed by atoms with Gasteiger partial charge in [0, 0.05) is 19.1 Å². The monoisotopic (exact) mass is 263 g/mol. The van der Waals surface area contributed by atoms with Crippen LogP contribution in [0.2, 0.25) is 0 Å². The molecule has 2 unspecified atom stereocenters. The summed E-state index contributed by atoms with van der Waals surface area (Å²) in [5.41, 5.74) is 1.27. The van der Waals surface area contributed by atoms with E-state index in [1.165, 1.54) is 18.4 Å². The lowest BCUT2D eigenvalue weighted by Crippen LogP contribution is -2.30. The molecular weight excluding hydrogens is 238 g/mol. The summed E-state index contributed by atoms with van der Waals surface area (Å²) < 4.78 is 11.6. The first-order chi connectivity index (χ1) is 9.35. The van der Waals surface area contributed by atoms with Gasteiger partial charge in [-0.2, -0.15) is 0 Å². The summed E-state index contributed by atoms with van der Waals surface area (Å²) in [5.74, 6) is 1.52. The summed E-state index contributed by atoms with van der Waals surface area (Å²) >= 11 is 0. The molecule has 1 heterocycles. The van der Waals surface area contributed by atoms with E-state index in [4.69, 9.17) is 9.47 Å². The van der Waals surface area contributed by atoms with Gasteiger partial charge in [-0.1, -0.05) is 19.1 Å². The Morgan fingerprint density at radius 3 is 2.79 bits per heavy atom. The third kappa shape index (κ3) is 3.95. The van der Waals surface area contributed by atoms with E-state index in [0.29, 0.717) is 5.92 Å². The van der Waals surface area contributed by atoms with Crippen LogP contribution in [0.1, 0.15) is 37.9 Å². The van der Waals surface area contributed by atoms with E-state index in [-0.39, 0.29) is 6.10 Å². The molecule has 0 aliphatic carbocycles. The molecule has 3 nitrogen and oxygen atoms in total. The number of hydrogen-bond donors (Lipinski definition) is 1. The van der Waals surface area contributed by atoms with Crippen LogP contribution in [-0.2, 0) is 4.74 Å². The van der Waals surface area contributed by atoms with Gasteiger partial charge >= 0.3 is 0 Å². The summed E-state index contributed by atoms with van der Waals surface area (Å²) in [4.78, 5) is 0. The molecular formula is C16H25NO2. The van der Waals surface area contributed by atoms with Gasteiger partial charge in [-0.25, -0.2) is 0 Å². The summed E-state index contributed by atoms with van der Waals surface area (Å²) in [7, 11) is 2.01. The van der Waals surface area contributed by atoms with Crippen LogP contribution in [0.5, 0.6) is 5.75 Å². The highest BCUT2D eigenvalue weighted by atomic mass is 16.5. The third-order valence-electron chi connectivity index (χ3n) is 3.59. The van der Waals surface area contributed by atoms with Crippen molar-refractivity contribution in [2.75, 3.05) is 26.8 Å². The number of benzene rings is 1. The zero-order valence-corrected chi connectivity index (χ0v) is 12.0. The molecule has 0 amide bonds. The molecule has 0 spiro atoms. The summed E-state index contributed by atoms with van der Waals surface area (Å²) in [6.07, 6.45) is 3.67. The lowest BCUT2D eigenvalue weighted by molar-refractivity contribution is -0.0272. The molecule has 1 aliphatic heterocycles. The Morgan fingerprint density at radius 1 is 1.32 bits per heavy atom. The van der Waals surface area contributed by atoms with Gasteiger partial charge in [-0.15, -0.1) is 0 Å². The van der Waals surface area contributed by atoms with E-state index in [1.54, 1.807) is 0 Å². The molecule has 2 rings (SSSR count). The van der Waals surface area contributed by atoms with Crippen LogP contribution >= 0.6 is 0 Å². The van der Waals surface area contributed by atoms with E-state index in [9.17, 15) is 0 Å². The van der Waals surface area contributed by atoms with Crippen molar-refractivity contribution in [3.05, 3.63) is 29.8 Å². The zero-order chi connectivity index (χ0) is 13.5. The van der Waals surface area contributed by atoms with Crippen molar-refractivity contribution in [3.8, 4) is 5.75 Å². The summed E-state index contributed by atoms with van der Waals surface area (Å²) in [5, 5.41) is 3.27. The molecule has 1 aliphatic rings. The first-order valence-electron chi connectivity index (χ1n) is 7.34. The topological polar surface area (TPSA) is 30.5 Å². The Hall–Kier alpha value is -1.06. The van der Waals surface area contributed by atoms with Crippen LogP contribution in [0, 0.1) is 5.92 Å². The molecule has 0 saturated carbocycles. The van der Waals surface area contributed by atoms with Crippen molar-refractivity contribution in [1.82, 2.24) is 5.32 Å². The smallest absolute Gasteiger partial charge is 0.119 e. The average Bonchev–Trinajstić information content (AvgIpc) is 2.47. The minimum absolute atomic E-state index is 0.224. The van der Waals surface area contributed by atoms with Crippen LogP contribution in [0.25, 0.3) is 0 Å². The predicted octanol–water partition coefficient (Wildman–Crippen LogP) is 3.16. The van der Waals surface area contributed by atoms with E-state index in [1.807, 2.05) is 7.05 Å². The molecule has 0 bridgehead atoms. The lowest BCUT2D eigenvalue weighted by Gasteiger charge is -2.32. The lowest BCUT2D eigenvalue weighted by atomic mass is 9.89. The first-order valence-corrected chi connectivity index (χ1v) is 7.34. The fourth-order valence-corrected chi connectivity index (χ4v) is 2.66. The Bertz CT molecular complexity index is 362. The molecule has 0 aromatic heterocycles. The molecule has 1 saturated heterocycles. The molecule has 0 radical (unpaired) electrons. The second-order valence-electron chi connectivity index (χ2n) is 5.17. The largest absolute Gasteiger partial charge is 0.494 e. The van der Waals surface area contributed by atoms with Gasteiger partial charge in [0.2, 0.25) is 0 Å². The fourth-order valence-electron chi connectivity index (χ4n) is 2.66. The van der Waals surface area contributed by atoms with Gasteiger partial charge < -0.3 is 14.8 Å². The minimum Gasteiger partial charge on any atom is -0.494 e. The van der Waals surface area contributed by atoms with Crippen molar-refractivity contribution < 1.29 is 9.47 Å². The Balaban J connectivity index is 2.02. The highest BCUT2D eigenvalue weighted by Crippen LogP contribution is 2.33. The molecule has 3 heteroatoms. The van der Waals surface area contributed by atoms with Gasteiger partial charge in [0.25, 0.3) is 0 Å². The van der Waals surface area contributed by atoms with Crippen LogP contribution in [0.4, 0.5) is 0 Å². The summed E-state index contributed by atoms with van der Waals surface area (Å²) in [6.45, 7) is 4.78. The standard InChI is InChI=1S/C16H25NO2/c1-3-10-18-15-8-6-13(7-9-15)16-14(12-17-2)5-4-11-19-16/h6-9,14,16-17H,3-5,10-12H2,1-2H3. The highest BCUT2D eigenvalue weighted by molar-refractivity contribution is 5.29. The van der Waals surface area contributed by atoms with Crippen molar-refractivity contribution in [3.63, 3.8) is 0 Å². The predicted molar refractivity (Wildman–Crippen MR) is 77.6 cm³/mol. The Labute approximate surface area is 116 Å². The average molecular weight is 263 g/mol. The summed E-state index contributed by atoms with van der Waals surface area (Å²) in [6, 6.07) is 8.39. The molecule has 2 atom stereocenters. The zero-order valence-electron chi connectivity index (χ0n) is 12.0. The number of nitrogens with one attached hydrogen (secondary N) is 1. The molecule has 1 aromatic rings. The Morgan fingerprint density at radius 2 is 2.11 bits per heavy atom. The van der Waals surface area contributed by atoms with Crippen molar-refractivity contribution in [2.45, 2.75) is 32.3 Å². The molecule has 19 heavy (non-hydrogen) atoms. The molecule has 1 aromatic carbocycles. The van der Waals surface area contributed by atoms with Crippen molar-refractivity contribution in [1.29, 1.82) is 0 Å². The third-order valence-corrected chi connectivity index (χ3v) is 3.59. The number of hydrogen-bond acceptors (Lipinski definition) is 3. The van der Waals surface area contributed by atoms with Crippen molar-refractivity contribution >= 4 is 0 Å². The minimum atomic E-state index is 0.224. The number of ether oxygens (including phenoxy) is 2. The maximum atomic E-state index is 5.97. The van der Waals surface area contributed by atoms with Gasteiger partial charge in [-0.05, 0) is 44.0 Å². The van der Waals surface area contributed by atoms with Gasteiger partial charge in [-0.3, -0.25) is 0 Å². The molecule has 1 fully saturated rings. The molecule has 106 valence electrons. The van der Waals surface area contributed by atoms with E-state index >= 15 is 0 Å². The maximum absolute atomic E-state index is 5.97. The first kappa shape index (κ1) is 14.4. The van der Waals surface area contributed by atoms with Crippen LogP contribution in [0.15, 0.2) is 24.3 Å².